The highest BCUT2D eigenvalue weighted by atomic mass is 35.5. The lowest BCUT2D eigenvalue weighted by Gasteiger charge is -2.35. The number of carbonyl (C=O) groups excluding carboxylic acids is 1. The van der Waals surface area contributed by atoms with Gasteiger partial charge in [-0.2, -0.15) is 13.2 Å². The number of alkyl halides is 3. The van der Waals surface area contributed by atoms with E-state index in [-0.39, 0.29) is 10.7 Å². The summed E-state index contributed by atoms with van der Waals surface area (Å²) in [6.45, 7) is 1.73. The summed E-state index contributed by atoms with van der Waals surface area (Å²) < 4.78 is 44.0. The van der Waals surface area contributed by atoms with Crippen LogP contribution < -0.4 is 15.0 Å². The SMILES string of the molecule is COc1ccc(-c2ccc(N3CCN(C(=O)Nc4cc(C(F)(F)F)ccc4Cl)CC3)nn2)cc1. The summed E-state index contributed by atoms with van der Waals surface area (Å²) >= 11 is 5.97. The average molecular weight is 492 g/mol. The number of benzene rings is 2. The summed E-state index contributed by atoms with van der Waals surface area (Å²) in [5.74, 6) is 1.43. The number of anilines is 2. The van der Waals surface area contributed by atoms with Crippen LogP contribution >= 0.6 is 11.6 Å². The van der Waals surface area contributed by atoms with E-state index in [4.69, 9.17) is 16.3 Å². The molecule has 0 radical (unpaired) electrons. The zero-order chi connectivity index (χ0) is 24.3. The fraction of sp³-hybridized carbons (Fsp3) is 0.261. The van der Waals surface area contributed by atoms with Crippen LogP contribution in [0.15, 0.2) is 54.6 Å². The van der Waals surface area contributed by atoms with E-state index in [0.29, 0.717) is 32.0 Å². The van der Waals surface area contributed by atoms with Crippen LogP contribution in [0.5, 0.6) is 5.75 Å². The molecule has 178 valence electrons. The first kappa shape index (κ1) is 23.6. The summed E-state index contributed by atoms with van der Waals surface area (Å²) in [7, 11) is 1.60. The number of aromatic nitrogens is 2. The topological polar surface area (TPSA) is 70.6 Å². The van der Waals surface area contributed by atoms with E-state index in [1.165, 1.54) is 4.90 Å². The van der Waals surface area contributed by atoms with Gasteiger partial charge in [-0.15, -0.1) is 10.2 Å². The van der Waals surface area contributed by atoms with Gasteiger partial charge in [-0.25, -0.2) is 4.79 Å². The van der Waals surface area contributed by atoms with Gasteiger partial charge in [-0.1, -0.05) is 11.6 Å². The first-order valence-corrected chi connectivity index (χ1v) is 10.8. The summed E-state index contributed by atoms with van der Waals surface area (Å²) in [5, 5.41) is 11.1. The summed E-state index contributed by atoms with van der Waals surface area (Å²) in [6, 6.07) is 13.5. The molecule has 4 rings (SSSR count). The van der Waals surface area contributed by atoms with Gasteiger partial charge in [-0.3, -0.25) is 0 Å². The number of rotatable bonds is 4. The van der Waals surface area contributed by atoms with Gasteiger partial charge in [-0.05, 0) is 54.6 Å². The molecule has 1 aliphatic rings. The summed E-state index contributed by atoms with van der Waals surface area (Å²) in [5.41, 5.74) is 0.676. The van der Waals surface area contributed by atoms with Crippen molar-refractivity contribution in [2.75, 3.05) is 43.5 Å². The van der Waals surface area contributed by atoms with Crippen LogP contribution in [-0.4, -0.2) is 54.4 Å². The Morgan fingerprint density at radius 2 is 1.71 bits per heavy atom. The van der Waals surface area contributed by atoms with E-state index in [2.05, 4.69) is 15.5 Å². The quantitative estimate of drug-likeness (QED) is 0.544. The second kappa shape index (κ2) is 9.76. The first-order chi connectivity index (χ1) is 16.2. The molecule has 3 aromatic rings. The molecule has 2 amide bonds. The molecule has 0 spiro atoms. The van der Waals surface area contributed by atoms with Gasteiger partial charge in [0.05, 0.1) is 29.1 Å². The van der Waals surface area contributed by atoms with E-state index in [1.54, 1.807) is 7.11 Å². The molecule has 1 fully saturated rings. The molecule has 34 heavy (non-hydrogen) atoms. The molecule has 2 aromatic carbocycles. The van der Waals surface area contributed by atoms with Crippen molar-refractivity contribution in [3.8, 4) is 17.0 Å². The minimum absolute atomic E-state index is 0.0345. The van der Waals surface area contributed by atoms with Crippen LogP contribution in [0.25, 0.3) is 11.3 Å². The standard InChI is InChI=1S/C23H21ClF3N5O2/c1-34-17-5-2-15(3-6-17)19-8-9-21(30-29-19)31-10-12-32(13-11-31)22(33)28-20-14-16(23(25,26)27)4-7-18(20)24/h2-9,14H,10-13H2,1H3,(H,28,33). The Hall–Kier alpha value is -3.53. The van der Waals surface area contributed by atoms with Crippen LogP contribution in [0.2, 0.25) is 5.02 Å². The van der Waals surface area contributed by atoms with Crippen molar-refractivity contribution in [3.63, 3.8) is 0 Å². The van der Waals surface area contributed by atoms with Gasteiger partial charge >= 0.3 is 12.2 Å². The highest BCUT2D eigenvalue weighted by Crippen LogP contribution is 2.34. The Morgan fingerprint density at radius 1 is 1.00 bits per heavy atom. The molecule has 11 heteroatoms. The van der Waals surface area contributed by atoms with E-state index in [0.717, 1.165) is 35.2 Å². The maximum absolute atomic E-state index is 13.0. The van der Waals surface area contributed by atoms with Gasteiger partial charge in [0.25, 0.3) is 0 Å². The predicted octanol–water partition coefficient (Wildman–Crippen LogP) is 5.18. The summed E-state index contributed by atoms with van der Waals surface area (Å²) in [6.07, 6.45) is -4.53. The minimum atomic E-state index is -4.53. The number of urea groups is 1. The molecule has 2 heterocycles. The Kier molecular flexibility index (Phi) is 6.78. The number of halogens is 4. The van der Waals surface area contributed by atoms with Crippen molar-refractivity contribution in [3.05, 3.63) is 65.2 Å². The molecule has 7 nitrogen and oxygen atoms in total. The Morgan fingerprint density at radius 3 is 2.29 bits per heavy atom. The third-order valence-corrected chi connectivity index (χ3v) is 5.79. The fourth-order valence-electron chi connectivity index (χ4n) is 3.54. The van der Waals surface area contributed by atoms with Crippen LogP contribution in [0.4, 0.5) is 29.5 Å². The lowest BCUT2D eigenvalue weighted by Crippen LogP contribution is -2.50. The van der Waals surface area contributed by atoms with Crippen LogP contribution in [-0.2, 0) is 6.18 Å². The summed E-state index contributed by atoms with van der Waals surface area (Å²) in [4.78, 5) is 16.1. The molecular weight excluding hydrogens is 471 g/mol. The van der Waals surface area contributed by atoms with E-state index >= 15 is 0 Å². The number of methoxy groups -OCH3 is 1. The second-order valence-electron chi connectivity index (χ2n) is 7.60. The minimum Gasteiger partial charge on any atom is -0.497 e. The Balaban J connectivity index is 1.35. The average Bonchev–Trinajstić information content (AvgIpc) is 2.85. The van der Waals surface area contributed by atoms with Crippen molar-refractivity contribution in [1.82, 2.24) is 15.1 Å². The van der Waals surface area contributed by atoms with Crippen molar-refractivity contribution in [1.29, 1.82) is 0 Å². The van der Waals surface area contributed by atoms with Gasteiger partial charge in [0.1, 0.15) is 5.75 Å². The normalized spacial score (nSPS) is 14.1. The number of amides is 2. The number of hydrogen-bond donors (Lipinski definition) is 1. The number of ether oxygens (including phenoxy) is 1. The lowest BCUT2D eigenvalue weighted by molar-refractivity contribution is -0.137. The maximum Gasteiger partial charge on any atom is 0.416 e. The third-order valence-electron chi connectivity index (χ3n) is 5.46. The van der Waals surface area contributed by atoms with Crippen molar-refractivity contribution in [2.45, 2.75) is 6.18 Å². The number of piperazine rings is 1. The Bertz CT molecular complexity index is 1150. The van der Waals surface area contributed by atoms with Crippen LogP contribution in [0.1, 0.15) is 5.56 Å². The molecule has 0 atom stereocenters. The highest BCUT2D eigenvalue weighted by Gasteiger charge is 2.31. The van der Waals surface area contributed by atoms with E-state index in [1.807, 2.05) is 41.3 Å². The van der Waals surface area contributed by atoms with Crippen LogP contribution in [0.3, 0.4) is 0 Å². The number of hydrogen-bond acceptors (Lipinski definition) is 5. The predicted molar refractivity (Wildman–Crippen MR) is 123 cm³/mol. The van der Waals surface area contributed by atoms with Crippen molar-refractivity contribution < 1.29 is 22.7 Å². The van der Waals surface area contributed by atoms with Crippen LogP contribution in [0, 0.1) is 0 Å². The second-order valence-corrected chi connectivity index (χ2v) is 8.01. The molecular formula is C23H21ClF3N5O2. The third kappa shape index (κ3) is 5.33. The first-order valence-electron chi connectivity index (χ1n) is 10.4. The molecule has 0 aliphatic carbocycles. The molecule has 0 saturated carbocycles. The van der Waals surface area contributed by atoms with E-state index in [9.17, 15) is 18.0 Å². The zero-order valence-electron chi connectivity index (χ0n) is 18.1. The van der Waals surface area contributed by atoms with Crippen molar-refractivity contribution >= 4 is 29.1 Å². The number of nitrogens with zero attached hydrogens (tertiary/aromatic N) is 4. The molecule has 0 bridgehead atoms. The van der Waals surface area contributed by atoms with Gasteiger partial charge < -0.3 is 19.9 Å². The number of nitrogens with one attached hydrogen (secondary N) is 1. The molecule has 1 saturated heterocycles. The molecule has 1 aliphatic heterocycles. The highest BCUT2D eigenvalue weighted by molar-refractivity contribution is 6.33. The van der Waals surface area contributed by atoms with Gasteiger partial charge in [0, 0.05) is 31.7 Å². The Labute approximate surface area is 199 Å². The number of carbonyl (C=O) groups is 1. The van der Waals surface area contributed by atoms with Gasteiger partial charge in [0.2, 0.25) is 0 Å². The maximum atomic E-state index is 13.0. The zero-order valence-corrected chi connectivity index (χ0v) is 18.9. The molecule has 1 aromatic heterocycles. The van der Waals surface area contributed by atoms with Gasteiger partial charge in [0.15, 0.2) is 5.82 Å². The van der Waals surface area contributed by atoms with E-state index < -0.39 is 17.8 Å². The smallest absolute Gasteiger partial charge is 0.416 e. The molecule has 1 N–H and O–H groups in total. The largest absolute Gasteiger partial charge is 0.497 e. The van der Waals surface area contributed by atoms with Crippen molar-refractivity contribution in [2.24, 2.45) is 0 Å². The molecule has 0 unspecified atom stereocenters. The lowest BCUT2D eigenvalue weighted by atomic mass is 10.1. The monoisotopic (exact) mass is 491 g/mol. The fourth-order valence-corrected chi connectivity index (χ4v) is 3.70.